The number of hydrogen-bond acceptors (Lipinski definition) is 4. The molecule has 2 aromatic carbocycles. The van der Waals surface area contributed by atoms with Gasteiger partial charge in [0.1, 0.15) is 12.1 Å². The van der Waals surface area contributed by atoms with Crippen LogP contribution in [0.4, 0.5) is 10.6 Å². The number of benzene rings is 2. The SMILES string of the molecule is CCc1cc(N2CCC(NC(=O)N(C)CCc3cccc4ccccc34)CC2)ncn1. The first-order valence-electron chi connectivity index (χ1n) is 11.2. The number of aromatic nitrogens is 2. The minimum atomic E-state index is 0.00833. The average Bonchev–Trinajstić information content (AvgIpc) is 2.83. The monoisotopic (exact) mass is 417 g/mol. The summed E-state index contributed by atoms with van der Waals surface area (Å²) >= 11 is 0. The molecule has 0 radical (unpaired) electrons. The molecule has 162 valence electrons. The highest BCUT2D eigenvalue weighted by Crippen LogP contribution is 2.20. The van der Waals surface area contributed by atoms with Crippen LogP contribution in [-0.2, 0) is 12.8 Å². The van der Waals surface area contributed by atoms with Gasteiger partial charge in [-0.1, -0.05) is 49.4 Å². The molecule has 31 heavy (non-hydrogen) atoms. The van der Waals surface area contributed by atoms with E-state index in [-0.39, 0.29) is 12.1 Å². The summed E-state index contributed by atoms with van der Waals surface area (Å²) in [5.74, 6) is 0.990. The van der Waals surface area contributed by atoms with E-state index >= 15 is 0 Å². The lowest BCUT2D eigenvalue weighted by molar-refractivity contribution is 0.202. The van der Waals surface area contributed by atoms with Crippen LogP contribution < -0.4 is 10.2 Å². The summed E-state index contributed by atoms with van der Waals surface area (Å²) in [4.78, 5) is 25.5. The molecule has 0 aliphatic carbocycles. The molecule has 1 aromatic heterocycles. The highest BCUT2D eigenvalue weighted by molar-refractivity contribution is 5.85. The molecule has 2 amide bonds. The molecular formula is C25H31N5O. The van der Waals surface area contributed by atoms with Crippen LogP contribution in [-0.4, -0.2) is 53.6 Å². The van der Waals surface area contributed by atoms with Crippen LogP contribution in [0, 0.1) is 0 Å². The highest BCUT2D eigenvalue weighted by atomic mass is 16.2. The molecule has 1 saturated heterocycles. The Bertz CT molecular complexity index is 1020. The molecule has 0 atom stereocenters. The Kier molecular flexibility index (Phi) is 6.65. The van der Waals surface area contributed by atoms with Crippen LogP contribution >= 0.6 is 0 Å². The Morgan fingerprint density at radius 1 is 1.13 bits per heavy atom. The number of aryl methyl sites for hydroxylation is 1. The van der Waals surface area contributed by atoms with Crippen molar-refractivity contribution >= 4 is 22.6 Å². The van der Waals surface area contributed by atoms with E-state index < -0.39 is 0 Å². The van der Waals surface area contributed by atoms with Gasteiger partial charge < -0.3 is 15.1 Å². The zero-order valence-electron chi connectivity index (χ0n) is 18.4. The van der Waals surface area contributed by atoms with Gasteiger partial charge in [0.15, 0.2) is 0 Å². The lowest BCUT2D eigenvalue weighted by Crippen LogP contribution is -2.48. The van der Waals surface area contributed by atoms with Crippen molar-refractivity contribution in [1.82, 2.24) is 20.2 Å². The summed E-state index contributed by atoms with van der Waals surface area (Å²) in [6.45, 7) is 4.58. The average molecular weight is 418 g/mol. The third-order valence-electron chi connectivity index (χ3n) is 6.16. The first-order valence-corrected chi connectivity index (χ1v) is 11.2. The lowest BCUT2D eigenvalue weighted by atomic mass is 10.0. The Morgan fingerprint density at radius 3 is 2.71 bits per heavy atom. The van der Waals surface area contributed by atoms with Crippen LogP contribution in [0.5, 0.6) is 0 Å². The fourth-order valence-corrected chi connectivity index (χ4v) is 4.19. The number of urea groups is 1. The molecule has 0 saturated carbocycles. The first-order chi connectivity index (χ1) is 15.1. The summed E-state index contributed by atoms with van der Waals surface area (Å²) in [7, 11) is 1.88. The smallest absolute Gasteiger partial charge is 0.317 e. The van der Waals surface area contributed by atoms with Gasteiger partial charge in [0.2, 0.25) is 0 Å². The minimum Gasteiger partial charge on any atom is -0.356 e. The van der Waals surface area contributed by atoms with Gasteiger partial charge in [0.25, 0.3) is 0 Å². The molecule has 1 fully saturated rings. The maximum Gasteiger partial charge on any atom is 0.317 e. The van der Waals surface area contributed by atoms with Crippen molar-refractivity contribution in [3.05, 3.63) is 66.1 Å². The van der Waals surface area contributed by atoms with Crippen molar-refractivity contribution in [1.29, 1.82) is 0 Å². The number of carbonyl (C=O) groups excluding carboxylic acids is 1. The molecule has 0 bridgehead atoms. The van der Waals surface area contributed by atoms with E-state index in [0.717, 1.165) is 50.3 Å². The highest BCUT2D eigenvalue weighted by Gasteiger charge is 2.23. The van der Waals surface area contributed by atoms with Gasteiger partial charge in [-0.3, -0.25) is 0 Å². The van der Waals surface area contributed by atoms with E-state index in [1.807, 2.05) is 7.05 Å². The minimum absolute atomic E-state index is 0.00833. The van der Waals surface area contributed by atoms with Crippen molar-refractivity contribution < 1.29 is 4.79 Å². The number of likely N-dealkylation sites (N-methyl/N-ethyl adjacent to an activating group) is 1. The van der Waals surface area contributed by atoms with Crippen LogP contribution in [0.15, 0.2) is 54.9 Å². The fraction of sp³-hybridized carbons (Fsp3) is 0.400. The van der Waals surface area contributed by atoms with Gasteiger partial charge in [-0.05, 0) is 42.0 Å². The number of piperidine rings is 1. The predicted molar refractivity (Wildman–Crippen MR) is 125 cm³/mol. The van der Waals surface area contributed by atoms with Gasteiger partial charge in [-0.15, -0.1) is 0 Å². The Morgan fingerprint density at radius 2 is 1.90 bits per heavy atom. The van der Waals surface area contributed by atoms with Crippen LogP contribution in [0.2, 0.25) is 0 Å². The van der Waals surface area contributed by atoms with Crippen molar-refractivity contribution in [3.8, 4) is 0 Å². The molecule has 1 aliphatic rings. The second-order valence-corrected chi connectivity index (χ2v) is 8.24. The van der Waals surface area contributed by atoms with Gasteiger partial charge in [-0.2, -0.15) is 0 Å². The van der Waals surface area contributed by atoms with Crippen molar-refractivity contribution in [2.24, 2.45) is 0 Å². The van der Waals surface area contributed by atoms with E-state index in [4.69, 9.17) is 0 Å². The quantitative estimate of drug-likeness (QED) is 0.657. The second-order valence-electron chi connectivity index (χ2n) is 8.24. The maximum atomic E-state index is 12.7. The van der Waals surface area contributed by atoms with Gasteiger partial charge in [0, 0.05) is 44.5 Å². The number of amides is 2. The third-order valence-corrected chi connectivity index (χ3v) is 6.16. The van der Waals surface area contributed by atoms with Crippen LogP contribution in [0.25, 0.3) is 10.8 Å². The molecule has 2 heterocycles. The predicted octanol–water partition coefficient (Wildman–Crippen LogP) is 4.05. The van der Waals surface area contributed by atoms with Gasteiger partial charge in [-0.25, -0.2) is 14.8 Å². The van der Waals surface area contributed by atoms with Crippen molar-refractivity contribution in [2.75, 3.05) is 31.6 Å². The third kappa shape index (κ3) is 5.13. The molecule has 1 aliphatic heterocycles. The van der Waals surface area contributed by atoms with Gasteiger partial charge >= 0.3 is 6.03 Å². The molecule has 6 heteroatoms. The molecule has 1 N–H and O–H groups in total. The maximum absolute atomic E-state index is 12.7. The number of fused-ring (bicyclic) bond motifs is 1. The van der Waals surface area contributed by atoms with E-state index in [2.05, 4.69) is 75.6 Å². The molecule has 4 rings (SSSR count). The zero-order chi connectivity index (χ0) is 21.6. The standard InChI is InChI=1S/C25H31N5O/c1-3-21-17-24(27-18-26-21)30-15-12-22(13-16-30)28-25(31)29(2)14-11-20-9-6-8-19-7-4-5-10-23(19)20/h4-10,17-18,22H,3,11-16H2,1-2H3,(H,28,31). The Labute approximate surface area is 184 Å². The summed E-state index contributed by atoms with van der Waals surface area (Å²) in [6, 6.07) is 17.1. The molecular weight excluding hydrogens is 386 g/mol. The second kappa shape index (κ2) is 9.77. The summed E-state index contributed by atoms with van der Waals surface area (Å²) < 4.78 is 0. The fourth-order valence-electron chi connectivity index (χ4n) is 4.19. The number of rotatable bonds is 6. The molecule has 6 nitrogen and oxygen atoms in total. The summed E-state index contributed by atoms with van der Waals surface area (Å²) in [6.07, 6.45) is 5.25. The van der Waals surface area contributed by atoms with Crippen LogP contribution in [0.3, 0.4) is 0 Å². The Hall–Kier alpha value is -3.15. The van der Waals surface area contributed by atoms with E-state index in [1.54, 1.807) is 11.2 Å². The largest absolute Gasteiger partial charge is 0.356 e. The summed E-state index contributed by atoms with van der Waals surface area (Å²) in [5, 5.41) is 5.72. The number of hydrogen-bond donors (Lipinski definition) is 1. The molecule has 3 aromatic rings. The molecule has 0 spiro atoms. The van der Waals surface area contributed by atoms with E-state index in [1.165, 1.54) is 16.3 Å². The number of nitrogens with one attached hydrogen (secondary N) is 1. The number of carbonyl (C=O) groups is 1. The lowest BCUT2D eigenvalue weighted by Gasteiger charge is -2.34. The first kappa shape index (κ1) is 21.1. The summed E-state index contributed by atoms with van der Waals surface area (Å²) in [5.41, 5.74) is 2.34. The van der Waals surface area contributed by atoms with Crippen LogP contribution in [0.1, 0.15) is 31.0 Å². The van der Waals surface area contributed by atoms with Gasteiger partial charge in [0.05, 0.1) is 0 Å². The number of nitrogens with zero attached hydrogens (tertiary/aromatic N) is 4. The van der Waals surface area contributed by atoms with Crippen molar-refractivity contribution in [3.63, 3.8) is 0 Å². The zero-order valence-corrected chi connectivity index (χ0v) is 18.4. The normalized spacial score (nSPS) is 14.6. The molecule has 0 unspecified atom stereocenters. The topological polar surface area (TPSA) is 61.4 Å². The van der Waals surface area contributed by atoms with Crippen molar-refractivity contribution in [2.45, 2.75) is 38.6 Å². The van der Waals surface area contributed by atoms with E-state index in [0.29, 0.717) is 6.54 Å². The number of anilines is 1. The van der Waals surface area contributed by atoms with E-state index in [9.17, 15) is 4.79 Å². The Balaban J connectivity index is 1.26.